The summed E-state index contributed by atoms with van der Waals surface area (Å²) in [6, 6.07) is 7.31. The Morgan fingerprint density at radius 2 is 2.11 bits per heavy atom. The lowest BCUT2D eigenvalue weighted by atomic mass is 10.3. The summed E-state index contributed by atoms with van der Waals surface area (Å²) in [6.45, 7) is 0. The predicted octanol–water partition coefficient (Wildman–Crippen LogP) is 2.28. The number of fused-ring (bicyclic) bond motifs is 1. The second-order valence-electron chi connectivity index (χ2n) is 3.74. The summed E-state index contributed by atoms with van der Waals surface area (Å²) in [6.07, 6.45) is 2.93. The van der Waals surface area contributed by atoms with Crippen LogP contribution in [-0.2, 0) is 0 Å². The maximum atomic E-state index is 13.2. The lowest BCUT2D eigenvalue weighted by Crippen LogP contribution is -2.21. The summed E-state index contributed by atoms with van der Waals surface area (Å²) in [7, 11) is 0. The molecule has 0 bridgehead atoms. The zero-order valence-electron chi connectivity index (χ0n) is 9.05. The van der Waals surface area contributed by atoms with Crippen LogP contribution in [0.25, 0.3) is 11.2 Å². The molecule has 1 aromatic carbocycles. The zero-order chi connectivity index (χ0) is 12.7. The van der Waals surface area contributed by atoms with Crippen LogP contribution < -0.4 is 5.56 Å². The Labute approximate surface area is 106 Å². The third kappa shape index (κ3) is 1.60. The Kier molecular flexibility index (Phi) is 2.41. The third-order valence-corrected chi connectivity index (χ3v) is 2.92. The molecule has 0 atom stereocenters. The SMILES string of the molecule is O=c1c2c(Cl)ccn2ncn1-c1cccc(F)c1. The predicted molar refractivity (Wildman–Crippen MR) is 65.8 cm³/mol. The summed E-state index contributed by atoms with van der Waals surface area (Å²) in [5.41, 5.74) is 0.335. The number of aromatic nitrogens is 3. The van der Waals surface area contributed by atoms with Gasteiger partial charge in [0.05, 0.1) is 10.7 Å². The smallest absolute Gasteiger partial charge is 0.266 e. The number of benzene rings is 1. The molecule has 0 unspecified atom stereocenters. The summed E-state index contributed by atoms with van der Waals surface area (Å²) in [5.74, 6) is -0.416. The third-order valence-electron chi connectivity index (χ3n) is 2.62. The van der Waals surface area contributed by atoms with Crippen molar-refractivity contribution < 1.29 is 4.39 Å². The molecular weight excluding hydrogens is 257 g/mol. The van der Waals surface area contributed by atoms with Gasteiger partial charge in [-0.2, -0.15) is 5.10 Å². The van der Waals surface area contributed by atoms with E-state index in [0.717, 1.165) is 0 Å². The normalized spacial score (nSPS) is 11.0. The molecule has 0 saturated heterocycles. The lowest BCUT2D eigenvalue weighted by Gasteiger charge is -2.05. The van der Waals surface area contributed by atoms with Gasteiger partial charge < -0.3 is 0 Å². The fourth-order valence-electron chi connectivity index (χ4n) is 1.78. The highest BCUT2D eigenvalue weighted by atomic mass is 35.5. The Hall–Kier alpha value is -2.14. The first-order valence-electron chi connectivity index (χ1n) is 5.17. The van der Waals surface area contributed by atoms with E-state index in [4.69, 9.17) is 11.6 Å². The van der Waals surface area contributed by atoms with Crippen molar-refractivity contribution in [1.29, 1.82) is 0 Å². The summed E-state index contributed by atoms with van der Waals surface area (Å²) in [4.78, 5) is 12.2. The van der Waals surface area contributed by atoms with E-state index in [1.807, 2.05) is 0 Å². The van der Waals surface area contributed by atoms with Crippen LogP contribution in [0, 0.1) is 5.82 Å². The van der Waals surface area contributed by atoms with E-state index in [1.54, 1.807) is 18.3 Å². The number of hydrogen-bond donors (Lipinski definition) is 0. The van der Waals surface area contributed by atoms with Crippen molar-refractivity contribution in [2.45, 2.75) is 0 Å². The Balaban J connectivity index is 2.34. The molecule has 0 radical (unpaired) electrons. The fraction of sp³-hybridized carbons (Fsp3) is 0. The maximum Gasteiger partial charge on any atom is 0.283 e. The molecule has 2 aromatic heterocycles. The van der Waals surface area contributed by atoms with Crippen molar-refractivity contribution in [1.82, 2.24) is 14.2 Å². The van der Waals surface area contributed by atoms with Gasteiger partial charge in [-0.15, -0.1) is 0 Å². The van der Waals surface area contributed by atoms with Crippen LogP contribution >= 0.6 is 11.6 Å². The van der Waals surface area contributed by atoms with Gasteiger partial charge in [0.1, 0.15) is 17.7 Å². The molecule has 90 valence electrons. The minimum absolute atomic E-state index is 0.267. The van der Waals surface area contributed by atoms with Gasteiger partial charge >= 0.3 is 0 Å². The van der Waals surface area contributed by atoms with Crippen LogP contribution in [0.15, 0.2) is 47.7 Å². The molecule has 18 heavy (non-hydrogen) atoms. The van der Waals surface area contributed by atoms with Crippen molar-refractivity contribution in [3.63, 3.8) is 0 Å². The van der Waals surface area contributed by atoms with E-state index in [2.05, 4.69) is 5.10 Å². The van der Waals surface area contributed by atoms with Crippen molar-refractivity contribution in [3.8, 4) is 5.69 Å². The molecule has 0 aliphatic heterocycles. The molecule has 4 nitrogen and oxygen atoms in total. The monoisotopic (exact) mass is 263 g/mol. The minimum Gasteiger partial charge on any atom is -0.266 e. The van der Waals surface area contributed by atoms with Gasteiger partial charge in [0.2, 0.25) is 0 Å². The summed E-state index contributed by atoms with van der Waals surface area (Å²) < 4.78 is 15.8. The lowest BCUT2D eigenvalue weighted by molar-refractivity contribution is 0.626. The minimum atomic E-state index is -0.416. The Bertz CT molecular complexity index is 793. The summed E-state index contributed by atoms with van der Waals surface area (Å²) in [5, 5.41) is 4.36. The first-order chi connectivity index (χ1) is 8.66. The largest absolute Gasteiger partial charge is 0.283 e. The highest BCUT2D eigenvalue weighted by Crippen LogP contribution is 2.14. The molecule has 3 rings (SSSR count). The molecule has 3 aromatic rings. The van der Waals surface area contributed by atoms with E-state index in [9.17, 15) is 9.18 Å². The maximum absolute atomic E-state index is 13.2. The molecule has 0 amide bonds. The molecule has 0 fully saturated rings. The molecule has 0 saturated carbocycles. The van der Waals surface area contributed by atoms with Crippen molar-refractivity contribution in [3.05, 3.63) is 64.0 Å². The zero-order valence-corrected chi connectivity index (χ0v) is 9.80. The molecule has 0 spiro atoms. The number of nitrogens with zero attached hydrogens (tertiary/aromatic N) is 3. The topological polar surface area (TPSA) is 39.3 Å². The van der Waals surface area contributed by atoms with Gasteiger partial charge in [-0.25, -0.2) is 8.91 Å². The van der Waals surface area contributed by atoms with Crippen molar-refractivity contribution >= 4 is 17.1 Å². The quantitative estimate of drug-likeness (QED) is 0.676. The summed E-state index contributed by atoms with van der Waals surface area (Å²) >= 11 is 5.92. The molecular formula is C12H7ClFN3O. The number of hydrogen-bond acceptors (Lipinski definition) is 2. The Morgan fingerprint density at radius 3 is 2.89 bits per heavy atom. The molecule has 0 aliphatic carbocycles. The van der Waals surface area contributed by atoms with Crippen molar-refractivity contribution in [2.24, 2.45) is 0 Å². The number of rotatable bonds is 1. The average Bonchev–Trinajstić information content (AvgIpc) is 2.72. The van der Waals surface area contributed by atoms with E-state index in [-0.39, 0.29) is 11.1 Å². The first kappa shape index (κ1) is 11.0. The van der Waals surface area contributed by atoms with Gasteiger partial charge in [0.25, 0.3) is 5.56 Å². The average molecular weight is 264 g/mol. The van der Waals surface area contributed by atoms with Gasteiger partial charge in [-0.05, 0) is 24.3 Å². The second-order valence-corrected chi connectivity index (χ2v) is 4.15. The van der Waals surface area contributed by atoms with E-state index in [1.165, 1.54) is 33.6 Å². The van der Waals surface area contributed by atoms with E-state index < -0.39 is 5.82 Å². The van der Waals surface area contributed by atoms with Crippen LogP contribution in [0.3, 0.4) is 0 Å². The van der Waals surface area contributed by atoms with Crippen LogP contribution in [0.5, 0.6) is 0 Å². The highest BCUT2D eigenvalue weighted by Gasteiger charge is 2.09. The van der Waals surface area contributed by atoms with Gasteiger partial charge in [0, 0.05) is 6.20 Å². The highest BCUT2D eigenvalue weighted by molar-refractivity contribution is 6.33. The molecule has 6 heteroatoms. The number of halogens is 2. The standard InChI is InChI=1S/C12H7ClFN3O/c13-10-4-5-17-11(10)12(18)16(7-15-17)9-3-1-2-8(14)6-9/h1-7H. The Morgan fingerprint density at radius 1 is 1.28 bits per heavy atom. The van der Waals surface area contributed by atoms with Gasteiger partial charge in [-0.1, -0.05) is 17.7 Å². The van der Waals surface area contributed by atoms with Crippen LogP contribution in [0.2, 0.25) is 5.02 Å². The fourth-order valence-corrected chi connectivity index (χ4v) is 2.00. The second kappa shape index (κ2) is 3.96. The van der Waals surface area contributed by atoms with E-state index in [0.29, 0.717) is 10.7 Å². The van der Waals surface area contributed by atoms with Crippen LogP contribution in [0.4, 0.5) is 4.39 Å². The molecule has 0 aliphatic rings. The van der Waals surface area contributed by atoms with Crippen LogP contribution in [0.1, 0.15) is 0 Å². The van der Waals surface area contributed by atoms with Crippen molar-refractivity contribution in [2.75, 3.05) is 0 Å². The molecule has 0 N–H and O–H groups in total. The van der Waals surface area contributed by atoms with Crippen LogP contribution in [-0.4, -0.2) is 14.2 Å². The first-order valence-corrected chi connectivity index (χ1v) is 5.55. The van der Waals surface area contributed by atoms with Gasteiger partial charge in [0.15, 0.2) is 0 Å². The van der Waals surface area contributed by atoms with E-state index >= 15 is 0 Å². The molecule has 2 heterocycles. The van der Waals surface area contributed by atoms with Gasteiger partial charge in [-0.3, -0.25) is 9.36 Å².